The maximum atomic E-state index is 10.1. The van der Waals surface area contributed by atoms with E-state index in [0.29, 0.717) is 5.56 Å². The van der Waals surface area contributed by atoms with Crippen molar-refractivity contribution in [2.45, 2.75) is 0 Å². The highest BCUT2D eigenvalue weighted by Crippen LogP contribution is 2.43. The van der Waals surface area contributed by atoms with Crippen molar-refractivity contribution < 1.29 is 8.83 Å². The highest BCUT2D eigenvalue weighted by molar-refractivity contribution is 6.11. The SMILES string of the molecule is N#Cc1cc(-c2ccccc2)cc(-c2cc(-c3ccc4oc5ccccc5c4c3)ccc2-c2cccc3c2oc2ccccc23)c1. The number of furan rings is 2. The molecule has 0 spiro atoms. The van der Waals surface area contributed by atoms with Crippen LogP contribution in [0.1, 0.15) is 5.56 Å². The van der Waals surface area contributed by atoms with Crippen molar-refractivity contribution in [2.24, 2.45) is 0 Å². The number of nitriles is 1. The first-order valence-electron chi connectivity index (χ1n) is 15.3. The van der Waals surface area contributed by atoms with Crippen molar-refractivity contribution in [3.8, 4) is 50.6 Å². The van der Waals surface area contributed by atoms with Gasteiger partial charge in [0.25, 0.3) is 0 Å². The molecule has 0 aliphatic heterocycles. The number of hydrogen-bond acceptors (Lipinski definition) is 3. The van der Waals surface area contributed by atoms with E-state index in [1.807, 2.05) is 66.7 Å². The fraction of sp³-hybridized carbons (Fsp3) is 0. The fourth-order valence-corrected chi connectivity index (χ4v) is 6.71. The molecule has 0 fully saturated rings. The van der Waals surface area contributed by atoms with E-state index in [0.717, 1.165) is 88.4 Å². The van der Waals surface area contributed by atoms with Gasteiger partial charge in [-0.2, -0.15) is 5.26 Å². The maximum absolute atomic E-state index is 10.1. The maximum Gasteiger partial charge on any atom is 0.143 e. The second-order valence-corrected chi connectivity index (χ2v) is 11.6. The van der Waals surface area contributed by atoms with Crippen LogP contribution < -0.4 is 0 Å². The zero-order valence-electron chi connectivity index (χ0n) is 24.7. The highest BCUT2D eigenvalue weighted by Gasteiger charge is 2.18. The monoisotopic (exact) mass is 587 g/mol. The minimum Gasteiger partial charge on any atom is -0.456 e. The smallest absolute Gasteiger partial charge is 0.143 e. The van der Waals surface area contributed by atoms with Crippen LogP contribution in [0.2, 0.25) is 0 Å². The summed E-state index contributed by atoms with van der Waals surface area (Å²) in [6.07, 6.45) is 0. The number of fused-ring (bicyclic) bond motifs is 6. The minimum atomic E-state index is 0.612. The summed E-state index contributed by atoms with van der Waals surface area (Å²) in [5.74, 6) is 0. The Hall–Kier alpha value is -6.37. The highest BCUT2D eigenvalue weighted by atomic mass is 16.3. The first kappa shape index (κ1) is 26.1. The molecule has 0 amide bonds. The molecule has 0 saturated heterocycles. The molecule has 0 bridgehead atoms. The molecule has 214 valence electrons. The van der Waals surface area contributed by atoms with Gasteiger partial charge in [0.15, 0.2) is 0 Å². The molecule has 0 aliphatic carbocycles. The van der Waals surface area contributed by atoms with Gasteiger partial charge in [0.1, 0.15) is 22.3 Å². The lowest BCUT2D eigenvalue weighted by Crippen LogP contribution is -1.91. The van der Waals surface area contributed by atoms with Crippen LogP contribution in [0.3, 0.4) is 0 Å². The number of hydrogen-bond donors (Lipinski definition) is 0. The predicted octanol–water partition coefficient (Wildman–Crippen LogP) is 12.0. The summed E-state index contributed by atoms with van der Waals surface area (Å²) in [4.78, 5) is 0. The third-order valence-electron chi connectivity index (χ3n) is 8.90. The molecule has 7 aromatic carbocycles. The number of benzene rings is 7. The average Bonchev–Trinajstić information content (AvgIpc) is 3.70. The van der Waals surface area contributed by atoms with Gasteiger partial charge in [-0.25, -0.2) is 0 Å². The van der Waals surface area contributed by atoms with Crippen LogP contribution in [0.25, 0.3) is 88.4 Å². The minimum absolute atomic E-state index is 0.612. The van der Waals surface area contributed by atoms with Gasteiger partial charge in [-0.3, -0.25) is 0 Å². The topological polar surface area (TPSA) is 50.1 Å². The summed E-state index contributed by atoms with van der Waals surface area (Å²) in [5.41, 5.74) is 12.3. The van der Waals surface area contributed by atoms with Crippen LogP contribution in [-0.2, 0) is 0 Å². The Morgan fingerprint density at radius 2 is 1.02 bits per heavy atom. The first-order valence-corrected chi connectivity index (χ1v) is 15.3. The van der Waals surface area contributed by atoms with Crippen LogP contribution in [0, 0.1) is 11.3 Å². The van der Waals surface area contributed by atoms with Crippen molar-refractivity contribution in [3.63, 3.8) is 0 Å². The van der Waals surface area contributed by atoms with Crippen LogP contribution >= 0.6 is 0 Å². The van der Waals surface area contributed by atoms with E-state index in [1.165, 1.54) is 0 Å². The lowest BCUT2D eigenvalue weighted by molar-refractivity contribution is 0.669. The normalized spacial score (nSPS) is 11.5. The summed E-state index contributed by atoms with van der Waals surface area (Å²) < 4.78 is 12.6. The summed E-state index contributed by atoms with van der Waals surface area (Å²) in [7, 11) is 0. The molecule has 0 unspecified atom stereocenters. The zero-order chi connectivity index (χ0) is 30.6. The Bertz CT molecular complexity index is 2650. The standard InChI is InChI=1S/C43H25NO2/c44-26-27-21-31(28-9-2-1-3-10-28)23-32(22-27)38-24-29(30-18-20-42-39(25-30)35-12-5-6-15-40(35)45-42)17-19-33(38)36-13-8-14-37-34-11-4-7-16-41(34)46-43(36)37/h1-25H. The van der Waals surface area contributed by atoms with Crippen molar-refractivity contribution in [2.75, 3.05) is 0 Å². The lowest BCUT2D eigenvalue weighted by atomic mass is 9.88. The van der Waals surface area contributed by atoms with Gasteiger partial charge in [0, 0.05) is 27.1 Å². The average molecular weight is 588 g/mol. The molecule has 2 heterocycles. The number of para-hydroxylation sites is 3. The second-order valence-electron chi connectivity index (χ2n) is 11.6. The van der Waals surface area contributed by atoms with E-state index >= 15 is 0 Å². The number of nitrogens with zero attached hydrogens (tertiary/aromatic N) is 1. The Morgan fingerprint density at radius 3 is 1.85 bits per heavy atom. The van der Waals surface area contributed by atoms with E-state index in [2.05, 4.69) is 91.0 Å². The quantitative estimate of drug-likeness (QED) is 0.206. The molecule has 46 heavy (non-hydrogen) atoms. The summed E-state index contributed by atoms with van der Waals surface area (Å²) in [6, 6.07) is 54.4. The molecule has 0 aliphatic rings. The molecule has 9 rings (SSSR count). The Balaban J connectivity index is 1.31. The first-order chi connectivity index (χ1) is 22.7. The van der Waals surface area contributed by atoms with Gasteiger partial charge in [0.2, 0.25) is 0 Å². The van der Waals surface area contributed by atoms with E-state index in [9.17, 15) is 5.26 Å². The van der Waals surface area contributed by atoms with Crippen molar-refractivity contribution >= 4 is 43.9 Å². The van der Waals surface area contributed by atoms with Crippen molar-refractivity contribution in [1.82, 2.24) is 0 Å². The molecular weight excluding hydrogens is 562 g/mol. The van der Waals surface area contributed by atoms with Gasteiger partial charge in [-0.1, -0.05) is 103 Å². The van der Waals surface area contributed by atoms with E-state index in [-0.39, 0.29) is 0 Å². The summed E-state index contributed by atoms with van der Waals surface area (Å²) >= 11 is 0. The molecule has 0 radical (unpaired) electrons. The van der Waals surface area contributed by atoms with Crippen molar-refractivity contribution in [1.29, 1.82) is 5.26 Å². The van der Waals surface area contributed by atoms with E-state index in [4.69, 9.17) is 8.83 Å². The van der Waals surface area contributed by atoms with Crippen LogP contribution in [0.5, 0.6) is 0 Å². The molecule has 0 saturated carbocycles. The molecule has 3 nitrogen and oxygen atoms in total. The fourth-order valence-electron chi connectivity index (χ4n) is 6.71. The van der Waals surface area contributed by atoms with Crippen LogP contribution in [-0.4, -0.2) is 0 Å². The molecule has 2 aromatic heterocycles. The third kappa shape index (κ3) is 4.20. The molecule has 0 atom stereocenters. The third-order valence-corrected chi connectivity index (χ3v) is 8.90. The van der Waals surface area contributed by atoms with E-state index < -0.39 is 0 Å². The summed E-state index contributed by atoms with van der Waals surface area (Å²) in [6.45, 7) is 0. The van der Waals surface area contributed by atoms with Gasteiger partial charge in [-0.05, 0) is 87.5 Å². The molecule has 3 heteroatoms. The van der Waals surface area contributed by atoms with Gasteiger partial charge in [0.05, 0.1) is 11.6 Å². The van der Waals surface area contributed by atoms with Crippen LogP contribution in [0.4, 0.5) is 0 Å². The van der Waals surface area contributed by atoms with Crippen LogP contribution in [0.15, 0.2) is 160 Å². The Labute approximate surface area is 265 Å². The number of rotatable bonds is 4. The lowest BCUT2D eigenvalue weighted by Gasteiger charge is -2.15. The van der Waals surface area contributed by atoms with Gasteiger partial charge < -0.3 is 8.83 Å². The Kier molecular flexibility index (Phi) is 5.88. The molecule has 0 N–H and O–H groups in total. The summed E-state index contributed by atoms with van der Waals surface area (Å²) in [5, 5.41) is 14.5. The zero-order valence-corrected chi connectivity index (χ0v) is 24.7. The molecular formula is C43H25NO2. The van der Waals surface area contributed by atoms with Gasteiger partial charge >= 0.3 is 0 Å². The van der Waals surface area contributed by atoms with E-state index in [1.54, 1.807) is 0 Å². The largest absolute Gasteiger partial charge is 0.456 e. The van der Waals surface area contributed by atoms with Gasteiger partial charge in [-0.15, -0.1) is 0 Å². The van der Waals surface area contributed by atoms with Crippen molar-refractivity contribution in [3.05, 3.63) is 157 Å². The second kappa shape index (κ2) is 10.4. The predicted molar refractivity (Wildman–Crippen MR) is 187 cm³/mol. The Morgan fingerprint density at radius 1 is 0.370 bits per heavy atom. The molecule has 9 aromatic rings.